The van der Waals surface area contributed by atoms with E-state index in [-0.39, 0.29) is 0 Å². The summed E-state index contributed by atoms with van der Waals surface area (Å²) in [5.41, 5.74) is 1.34. The number of piperazine rings is 1. The number of hydrogen-bond donors (Lipinski definition) is 0. The van der Waals surface area contributed by atoms with E-state index in [9.17, 15) is 4.79 Å². The molecular formula is C23H37ClN4O. The van der Waals surface area contributed by atoms with Crippen molar-refractivity contribution in [2.45, 2.75) is 25.7 Å². The Labute approximate surface area is 181 Å². The third-order valence-corrected chi connectivity index (χ3v) is 6.68. The van der Waals surface area contributed by atoms with Crippen molar-refractivity contribution < 1.29 is 4.79 Å². The van der Waals surface area contributed by atoms with E-state index in [0.717, 1.165) is 63.8 Å². The molecule has 162 valence electrons. The van der Waals surface area contributed by atoms with Gasteiger partial charge in [0.1, 0.15) is 0 Å². The Kier molecular flexibility index (Phi) is 8.79. The van der Waals surface area contributed by atoms with Crippen molar-refractivity contribution in [2.75, 3.05) is 73.0 Å². The van der Waals surface area contributed by atoms with Crippen LogP contribution in [0.15, 0.2) is 24.3 Å². The monoisotopic (exact) mass is 420 g/mol. The van der Waals surface area contributed by atoms with Gasteiger partial charge in [-0.3, -0.25) is 4.79 Å². The first-order chi connectivity index (χ1) is 14.0. The van der Waals surface area contributed by atoms with E-state index >= 15 is 0 Å². The van der Waals surface area contributed by atoms with Crippen LogP contribution in [0.5, 0.6) is 0 Å². The number of piperidine rings is 1. The maximum absolute atomic E-state index is 12.6. The number of likely N-dealkylation sites (tertiary alicyclic amines) is 1. The van der Waals surface area contributed by atoms with Crippen LogP contribution in [0.4, 0.5) is 0 Å². The lowest BCUT2D eigenvalue weighted by atomic mass is 9.97. The average molecular weight is 421 g/mol. The number of likely N-dealkylation sites (N-methyl/N-ethyl adjacent to an activating group) is 1. The van der Waals surface area contributed by atoms with Crippen molar-refractivity contribution >= 4 is 17.5 Å². The maximum Gasteiger partial charge on any atom is 0.223 e. The molecule has 0 saturated carbocycles. The third kappa shape index (κ3) is 7.56. The SMILES string of the molecule is CN1CCN(CCC(=O)N(C)C[C@@H]2CCCN(CCc3ccc(Cl)cc3)C2)CC1. The molecule has 0 unspecified atom stereocenters. The molecule has 5 nitrogen and oxygen atoms in total. The Hall–Kier alpha value is -1.14. The first-order valence-electron chi connectivity index (χ1n) is 11.1. The van der Waals surface area contributed by atoms with Gasteiger partial charge in [0, 0.05) is 70.8 Å². The fourth-order valence-corrected chi connectivity index (χ4v) is 4.57. The Balaban J connectivity index is 1.36. The summed E-state index contributed by atoms with van der Waals surface area (Å²) in [7, 11) is 4.15. The largest absolute Gasteiger partial charge is 0.345 e. The molecular weight excluding hydrogens is 384 g/mol. The summed E-state index contributed by atoms with van der Waals surface area (Å²) >= 11 is 5.98. The van der Waals surface area contributed by atoms with Gasteiger partial charge in [-0.1, -0.05) is 23.7 Å². The van der Waals surface area contributed by atoms with E-state index in [4.69, 9.17) is 11.6 Å². The summed E-state index contributed by atoms with van der Waals surface area (Å²) in [6, 6.07) is 8.18. The molecule has 0 aromatic heterocycles. The van der Waals surface area contributed by atoms with Gasteiger partial charge in [0.25, 0.3) is 0 Å². The van der Waals surface area contributed by atoms with Crippen molar-refractivity contribution in [1.29, 1.82) is 0 Å². The number of amides is 1. The second-order valence-electron chi connectivity index (χ2n) is 8.85. The minimum atomic E-state index is 0.294. The van der Waals surface area contributed by atoms with Gasteiger partial charge in [-0.25, -0.2) is 0 Å². The maximum atomic E-state index is 12.6. The van der Waals surface area contributed by atoms with E-state index in [2.05, 4.69) is 33.9 Å². The molecule has 3 rings (SSSR count). The third-order valence-electron chi connectivity index (χ3n) is 6.43. The molecule has 0 N–H and O–H groups in total. The smallest absolute Gasteiger partial charge is 0.223 e. The number of hydrogen-bond acceptors (Lipinski definition) is 4. The number of halogens is 1. The van der Waals surface area contributed by atoms with Gasteiger partial charge in [0.2, 0.25) is 5.91 Å². The zero-order chi connectivity index (χ0) is 20.6. The fraction of sp³-hybridized carbons (Fsp3) is 0.696. The molecule has 0 radical (unpaired) electrons. The minimum Gasteiger partial charge on any atom is -0.345 e. The second kappa shape index (κ2) is 11.3. The number of nitrogens with zero attached hydrogens (tertiary/aromatic N) is 4. The molecule has 0 bridgehead atoms. The summed E-state index contributed by atoms with van der Waals surface area (Å²) in [6.45, 7) is 9.52. The van der Waals surface area contributed by atoms with Crippen LogP contribution in [0, 0.1) is 5.92 Å². The van der Waals surface area contributed by atoms with Crippen molar-refractivity contribution in [3.05, 3.63) is 34.9 Å². The molecule has 1 aromatic carbocycles. The van der Waals surface area contributed by atoms with Crippen molar-refractivity contribution in [3.63, 3.8) is 0 Å². The average Bonchev–Trinajstić information content (AvgIpc) is 2.73. The predicted molar refractivity (Wildman–Crippen MR) is 121 cm³/mol. The van der Waals surface area contributed by atoms with Gasteiger partial charge >= 0.3 is 0 Å². The van der Waals surface area contributed by atoms with E-state index < -0.39 is 0 Å². The molecule has 0 spiro atoms. The van der Waals surface area contributed by atoms with Crippen molar-refractivity contribution in [2.24, 2.45) is 5.92 Å². The second-order valence-corrected chi connectivity index (χ2v) is 9.29. The summed E-state index contributed by atoms with van der Waals surface area (Å²) in [6.07, 6.45) is 4.17. The van der Waals surface area contributed by atoms with Crippen molar-refractivity contribution in [1.82, 2.24) is 19.6 Å². The lowest BCUT2D eigenvalue weighted by Gasteiger charge is -2.35. The van der Waals surface area contributed by atoms with Crippen LogP contribution in [-0.4, -0.2) is 98.5 Å². The van der Waals surface area contributed by atoms with Gasteiger partial charge in [0.05, 0.1) is 0 Å². The fourth-order valence-electron chi connectivity index (χ4n) is 4.45. The van der Waals surface area contributed by atoms with Gasteiger partial charge < -0.3 is 19.6 Å². The Morgan fingerprint density at radius 1 is 1.07 bits per heavy atom. The highest BCUT2D eigenvalue weighted by Crippen LogP contribution is 2.19. The summed E-state index contributed by atoms with van der Waals surface area (Å²) in [5, 5.41) is 0.798. The zero-order valence-electron chi connectivity index (χ0n) is 18.2. The summed E-state index contributed by atoms with van der Waals surface area (Å²) < 4.78 is 0. The molecule has 29 heavy (non-hydrogen) atoms. The summed E-state index contributed by atoms with van der Waals surface area (Å²) in [5.74, 6) is 0.883. The highest BCUT2D eigenvalue weighted by Gasteiger charge is 2.23. The van der Waals surface area contributed by atoms with Crippen LogP contribution in [-0.2, 0) is 11.2 Å². The quantitative estimate of drug-likeness (QED) is 0.646. The van der Waals surface area contributed by atoms with Crippen LogP contribution in [0.25, 0.3) is 0 Å². The van der Waals surface area contributed by atoms with E-state index in [1.54, 1.807) is 0 Å². The van der Waals surface area contributed by atoms with Crippen LogP contribution in [0.3, 0.4) is 0 Å². The van der Waals surface area contributed by atoms with Crippen LogP contribution >= 0.6 is 11.6 Å². The molecule has 2 aliphatic heterocycles. The molecule has 2 fully saturated rings. The lowest BCUT2D eigenvalue weighted by Crippen LogP contribution is -2.46. The van der Waals surface area contributed by atoms with E-state index in [1.165, 1.54) is 24.9 Å². The highest BCUT2D eigenvalue weighted by atomic mass is 35.5. The topological polar surface area (TPSA) is 30.0 Å². The predicted octanol–water partition coefficient (Wildman–Crippen LogP) is 2.69. The number of benzene rings is 1. The molecule has 2 heterocycles. The number of rotatable bonds is 8. The highest BCUT2D eigenvalue weighted by molar-refractivity contribution is 6.30. The molecule has 2 saturated heterocycles. The van der Waals surface area contributed by atoms with Crippen LogP contribution in [0.1, 0.15) is 24.8 Å². The number of carbonyl (C=O) groups is 1. The first kappa shape index (κ1) is 22.5. The Morgan fingerprint density at radius 2 is 1.79 bits per heavy atom. The van der Waals surface area contributed by atoms with E-state index in [1.807, 2.05) is 24.1 Å². The molecule has 1 aromatic rings. The summed E-state index contributed by atoms with van der Waals surface area (Å²) in [4.78, 5) is 21.9. The Bertz CT molecular complexity index is 630. The normalized spacial score (nSPS) is 22.0. The van der Waals surface area contributed by atoms with Gasteiger partial charge in [-0.15, -0.1) is 0 Å². The van der Waals surface area contributed by atoms with Gasteiger partial charge in [0.15, 0.2) is 0 Å². The molecule has 1 amide bonds. The molecule has 0 aliphatic carbocycles. The lowest BCUT2D eigenvalue weighted by molar-refractivity contribution is -0.131. The zero-order valence-corrected chi connectivity index (χ0v) is 18.9. The van der Waals surface area contributed by atoms with E-state index in [0.29, 0.717) is 18.2 Å². The van der Waals surface area contributed by atoms with Gasteiger partial charge in [-0.05, 0) is 56.5 Å². The first-order valence-corrected chi connectivity index (χ1v) is 11.5. The standard InChI is InChI=1S/C23H37ClN4O/c1-25-14-16-27(17-15-25)13-10-23(29)26(2)18-21-4-3-11-28(19-21)12-9-20-5-7-22(24)8-6-20/h5-8,21H,3-4,9-19H2,1-2H3/t21-/m0/s1. The van der Waals surface area contributed by atoms with Crippen LogP contribution in [0.2, 0.25) is 5.02 Å². The number of carbonyl (C=O) groups excluding carboxylic acids is 1. The van der Waals surface area contributed by atoms with Crippen molar-refractivity contribution in [3.8, 4) is 0 Å². The molecule has 2 aliphatic rings. The van der Waals surface area contributed by atoms with Gasteiger partial charge in [-0.2, -0.15) is 0 Å². The Morgan fingerprint density at radius 3 is 2.52 bits per heavy atom. The minimum absolute atomic E-state index is 0.294. The molecule has 1 atom stereocenters. The molecule has 6 heteroatoms. The van der Waals surface area contributed by atoms with Crippen LogP contribution < -0.4 is 0 Å².